The van der Waals surface area contributed by atoms with E-state index in [-0.39, 0.29) is 0 Å². The third-order valence-corrected chi connectivity index (χ3v) is 3.79. The number of hydrogen-bond donors (Lipinski definition) is 1. The van der Waals surface area contributed by atoms with Gasteiger partial charge in [0, 0.05) is 5.56 Å². The first-order valence-electron chi connectivity index (χ1n) is 6.82. The summed E-state index contributed by atoms with van der Waals surface area (Å²) in [5.41, 5.74) is 0.692. The molecule has 0 spiro atoms. The first-order valence-corrected chi connectivity index (χ1v) is 6.82. The van der Waals surface area contributed by atoms with Gasteiger partial charge in [0.2, 0.25) is 0 Å². The Bertz CT molecular complexity index is 375. The molecule has 1 aromatic carbocycles. The SMILES string of the molecule is C[C@@H]1CCCC[NH+]1CCOc1ccc(C=O)cc1. The third kappa shape index (κ3) is 3.57. The molecule has 1 saturated heterocycles. The summed E-state index contributed by atoms with van der Waals surface area (Å²) in [6, 6.07) is 8.06. The molecule has 2 rings (SSSR count). The highest BCUT2D eigenvalue weighted by molar-refractivity contribution is 5.74. The summed E-state index contributed by atoms with van der Waals surface area (Å²) in [5.74, 6) is 0.852. The number of quaternary nitrogens is 1. The molecule has 3 nitrogen and oxygen atoms in total. The van der Waals surface area contributed by atoms with Crippen LogP contribution in [0.4, 0.5) is 0 Å². The molecule has 0 aromatic heterocycles. The molecule has 1 unspecified atom stereocenters. The first-order chi connectivity index (χ1) is 8.79. The molecular weight excluding hydrogens is 226 g/mol. The summed E-state index contributed by atoms with van der Waals surface area (Å²) in [7, 11) is 0. The lowest BCUT2D eigenvalue weighted by atomic mass is 10.0. The van der Waals surface area contributed by atoms with Gasteiger partial charge in [0.15, 0.2) is 0 Å². The number of aldehydes is 1. The number of nitrogens with one attached hydrogen (secondary N) is 1. The van der Waals surface area contributed by atoms with Crippen molar-refractivity contribution in [2.75, 3.05) is 19.7 Å². The van der Waals surface area contributed by atoms with Gasteiger partial charge in [0.05, 0.1) is 12.6 Å². The van der Waals surface area contributed by atoms with E-state index in [4.69, 9.17) is 4.74 Å². The predicted octanol–water partition coefficient (Wildman–Crippen LogP) is 1.34. The van der Waals surface area contributed by atoms with E-state index in [0.717, 1.165) is 31.2 Å². The van der Waals surface area contributed by atoms with Gasteiger partial charge in [-0.15, -0.1) is 0 Å². The van der Waals surface area contributed by atoms with Crippen LogP contribution >= 0.6 is 0 Å². The second-order valence-corrected chi connectivity index (χ2v) is 5.09. The van der Waals surface area contributed by atoms with Crippen molar-refractivity contribution < 1.29 is 14.4 Å². The average molecular weight is 248 g/mol. The van der Waals surface area contributed by atoms with Crippen LogP contribution in [0.1, 0.15) is 36.5 Å². The smallest absolute Gasteiger partial charge is 0.150 e. The summed E-state index contributed by atoms with van der Waals surface area (Å²) < 4.78 is 5.72. The molecule has 0 amide bonds. The highest BCUT2D eigenvalue weighted by Gasteiger charge is 2.21. The minimum atomic E-state index is 0.692. The zero-order valence-electron chi connectivity index (χ0n) is 11.0. The van der Waals surface area contributed by atoms with Crippen molar-refractivity contribution in [3.8, 4) is 5.75 Å². The summed E-state index contributed by atoms with van der Waals surface area (Å²) in [6.07, 6.45) is 4.90. The van der Waals surface area contributed by atoms with Crippen molar-refractivity contribution in [3.05, 3.63) is 29.8 Å². The van der Waals surface area contributed by atoms with Gasteiger partial charge in [-0.05, 0) is 50.5 Å². The van der Waals surface area contributed by atoms with Crippen molar-refractivity contribution in [2.45, 2.75) is 32.2 Å². The normalized spacial score (nSPS) is 23.6. The van der Waals surface area contributed by atoms with Crippen LogP contribution in [-0.4, -0.2) is 32.0 Å². The molecule has 0 radical (unpaired) electrons. The highest BCUT2D eigenvalue weighted by Crippen LogP contribution is 2.10. The maximum Gasteiger partial charge on any atom is 0.150 e. The van der Waals surface area contributed by atoms with E-state index in [0.29, 0.717) is 5.56 Å². The lowest BCUT2D eigenvalue weighted by molar-refractivity contribution is -0.928. The Hall–Kier alpha value is -1.35. The Kier molecular flexibility index (Phi) is 4.76. The van der Waals surface area contributed by atoms with Crippen molar-refractivity contribution >= 4 is 6.29 Å². The number of hydrogen-bond acceptors (Lipinski definition) is 2. The highest BCUT2D eigenvalue weighted by atomic mass is 16.5. The molecule has 2 atom stereocenters. The second kappa shape index (κ2) is 6.55. The maximum atomic E-state index is 10.5. The molecule has 3 heteroatoms. The Morgan fingerprint density at radius 2 is 2.11 bits per heavy atom. The molecule has 1 N–H and O–H groups in total. The number of piperidine rings is 1. The van der Waals surface area contributed by atoms with Gasteiger partial charge in [0.1, 0.15) is 25.2 Å². The van der Waals surface area contributed by atoms with E-state index in [1.54, 1.807) is 17.0 Å². The molecule has 18 heavy (non-hydrogen) atoms. The number of benzene rings is 1. The number of carbonyl (C=O) groups excluding carboxylic acids is 1. The van der Waals surface area contributed by atoms with Crippen molar-refractivity contribution in [1.82, 2.24) is 0 Å². The molecule has 1 heterocycles. The van der Waals surface area contributed by atoms with E-state index in [1.165, 1.54) is 25.8 Å². The topological polar surface area (TPSA) is 30.7 Å². The second-order valence-electron chi connectivity index (χ2n) is 5.09. The van der Waals surface area contributed by atoms with Gasteiger partial charge < -0.3 is 9.64 Å². The Morgan fingerprint density at radius 1 is 1.33 bits per heavy atom. The molecular formula is C15H22NO2+. The van der Waals surface area contributed by atoms with Crippen LogP contribution in [0, 0.1) is 0 Å². The Labute approximate surface area is 109 Å². The van der Waals surface area contributed by atoms with Gasteiger partial charge in [-0.25, -0.2) is 0 Å². The summed E-state index contributed by atoms with van der Waals surface area (Å²) in [4.78, 5) is 12.2. The fourth-order valence-electron chi connectivity index (χ4n) is 2.57. The number of carbonyl (C=O) groups is 1. The Morgan fingerprint density at radius 3 is 2.78 bits per heavy atom. The molecule has 0 aliphatic carbocycles. The van der Waals surface area contributed by atoms with Crippen LogP contribution in [0.2, 0.25) is 0 Å². The van der Waals surface area contributed by atoms with Crippen molar-refractivity contribution in [3.63, 3.8) is 0 Å². The molecule has 1 aliphatic rings. The third-order valence-electron chi connectivity index (χ3n) is 3.79. The van der Waals surface area contributed by atoms with Crippen LogP contribution in [0.15, 0.2) is 24.3 Å². The van der Waals surface area contributed by atoms with Gasteiger partial charge in [-0.3, -0.25) is 4.79 Å². The zero-order valence-corrected chi connectivity index (χ0v) is 11.0. The Balaban J connectivity index is 1.75. The predicted molar refractivity (Wildman–Crippen MR) is 71.3 cm³/mol. The molecule has 0 bridgehead atoms. The monoisotopic (exact) mass is 248 g/mol. The largest absolute Gasteiger partial charge is 0.488 e. The average Bonchev–Trinajstić information content (AvgIpc) is 2.42. The van der Waals surface area contributed by atoms with Crippen LogP contribution in [0.25, 0.3) is 0 Å². The van der Waals surface area contributed by atoms with E-state index in [1.807, 2.05) is 12.1 Å². The molecule has 1 fully saturated rings. The summed E-state index contributed by atoms with van der Waals surface area (Å²) >= 11 is 0. The van der Waals surface area contributed by atoms with Crippen LogP contribution in [0.5, 0.6) is 5.75 Å². The molecule has 98 valence electrons. The van der Waals surface area contributed by atoms with E-state index in [2.05, 4.69) is 6.92 Å². The summed E-state index contributed by atoms with van der Waals surface area (Å²) in [6.45, 7) is 5.42. The fraction of sp³-hybridized carbons (Fsp3) is 0.533. The van der Waals surface area contributed by atoms with Gasteiger partial charge >= 0.3 is 0 Å². The molecule has 0 saturated carbocycles. The van der Waals surface area contributed by atoms with E-state index >= 15 is 0 Å². The van der Waals surface area contributed by atoms with Crippen LogP contribution < -0.4 is 9.64 Å². The van der Waals surface area contributed by atoms with E-state index < -0.39 is 0 Å². The maximum absolute atomic E-state index is 10.5. The zero-order chi connectivity index (χ0) is 12.8. The minimum Gasteiger partial charge on any atom is -0.488 e. The number of rotatable bonds is 5. The quantitative estimate of drug-likeness (QED) is 0.797. The van der Waals surface area contributed by atoms with Crippen LogP contribution in [0.3, 0.4) is 0 Å². The lowest BCUT2D eigenvalue weighted by Gasteiger charge is -2.30. The standard InChI is InChI=1S/C15H21NO2/c1-13-4-2-3-9-16(13)10-11-18-15-7-5-14(12-17)6-8-15/h5-8,12-13H,2-4,9-11H2,1H3/p+1/t13-/m1/s1. The van der Waals surface area contributed by atoms with Crippen molar-refractivity contribution in [2.24, 2.45) is 0 Å². The molecule has 1 aromatic rings. The van der Waals surface area contributed by atoms with E-state index in [9.17, 15) is 4.79 Å². The lowest BCUT2D eigenvalue weighted by Crippen LogP contribution is -3.16. The first kappa shape index (κ1) is 13.1. The van der Waals surface area contributed by atoms with Crippen LogP contribution in [-0.2, 0) is 0 Å². The van der Waals surface area contributed by atoms with Gasteiger partial charge in [-0.2, -0.15) is 0 Å². The number of likely N-dealkylation sites (tertiary alicyclic amines) is 1. The van der Waals surface area contributed by atoms with Crippen molar-refractivity contribution in [1.29, 1.82) is 0 Å². The fourth-order valence-corrected chi connectivity index (χ4v) is 2.57. The number of ether oxygens (including phenoxy) is 1. The minimum absolute atomic E-state index is 0.692. The summed E-state index contributed by atoms with van der Waals surface area (Å²) in [5, 5.41) is 0. The molecule has 1 aliphatic heterocycles. The van der Waals surface area contributed by atoms with Gasteiger partial charge in [0.25, 0.3) is 0 Å². The van der Waals surface area contributed by atoms with Gasteiger partial charge in [-0.1, -0.05) is 0 Å².